The molecule has 1 unspecified atom stereocenters. The normalized spacial score (nSPS) is 13.1. The number of rotatable bonds is 14. The summed E-state index contributed by atoms with van der Waals surface area (Å²) in [5.41, 5.74) is 4.30. The van der Waals surface area contributed by atoms with Gasteiger partial charge in [-0.3, -0.25) is 9.59 Å². The van der Waals surface area contributed by atoms with E-state index in [0.29, 0.717) is 42.1 Å². The van der Waals surface area contributed by atoms with Gasteiger partial charge in [-0.1, -0.05) is 66.7 Å². The Balaban J connectivity index is 1.17. The molecule has 0 saturated heterocycles. The molecule has 1 amide bonds. The maximum Gasteiger partial charge on any atom is 0.326 e. The molecule has 0 aliphatic heterocycles. The molecule has 1 aliphatic carbocycles. The van der Waals surface area contributed by atoms with Gasteiger partial charge in [-0.2, -0.15) is 0 Å². The number of amides is 1. The summed E-state index contributed by atoms with van der Waals surface area (Å²) in [5.74, 6) is -0.188. The van der Waals surface area contributed by atoms with E-state index in [9.17, 15) is 19.5 Å². The van der Waals surface area contributed by atoms with Gasteiger partial charge in [0.25, 0.3) is 0 Å². The van der Waals surface area contributed by atoms with E-state index in [-0.39, 0.29) is 24.0 Å². The number of para-hydroxylation sites is 1. The molecular weight excluding hydrogens is 540 g/mol. The van der Waals surface area contributed by atoms with Crippen LogP contribution in [0.25, 0.3) is 0 Å². The lowest BCUT2D eigenvalue weighted by Crippen LogP contribution is -2.33. The lowest BCUT2D eigenvalue weighted by Gasteiger charge is -2.23. The largest absolute Gasteiger partial charge is 0.494 e. The van der Waals surface area contributed by atoms with E-state index in [2.05, 4.69) is 5.32 Å². The maximum absolute atomic E-state index is 13.1. The number of carboxylic acid groups (broad SMARTS) is 1. The highest BCUT2D eigenvalue weighted by atomic mass is 16.5. The minimum atomic E-state index is -1.01. The predicted molar refractivity (Wildman–Crippen MR) is 168 cm³/mol. The van der Waals surface area contributed by atoms with Crippen LogP contribution in [0.15, 0.2) is 103 Å². The van der Waals surface area contributed by atoms with E-state index >= 15 is 0 Å². The fourth-order valence-electron chi connectivity index (χ4n) is 5.02. The Kier molecular flexibility index (Phi) is 9.52. The molecule has 0 radical (unpaired) electrons. The van der Waals surface area contributed by atoms with Crippen LogP contribution in [-0.2, 0) is 16.0 Å². The number of aliphatic carboxylic acids is 1. The molecule has 1 saturated carbocycles. The van der Waals surface area contributed by atoms with Gasteiger partial charge in [0, 0.05) is 41.4 Å². The smallest absolute Gasteiger partial charge is 0.326 e. The van der Waals surface area contributed by atoms with Gasteiger partial charge in [0.1, 0.15) is 11.8 Å². The van der Waals surface area contributed by atoms with Crippen LogP contribution in [-0.4, -0.2) is 42.0 Å². The highest BCUT2D eigenvalue weighted by molar-refractivity contribution is 6.12. The zero-order chi connectivity index (χ0) is 30.2. The first kappa shape index (κ1) is 29.6. The number of hydrogen-bond donors (Lipinski definition) is 2. The Bertz CT molecular complexity index is 1560. The van der Waals surface area contributed by atoms with Crippen molar-refractivity contribution in [2.24, 2.45) is 5.92 Å². The summed E-state index contributed by atoms with van der Waals surface area (Å²) in [6, 6.07) is 30.3. The van der Waals surface area contributed by atoms with E-state index < -0.39 is 12.0 Å². The van der Waals surface area contributed by atoms with E-state index in [1.807, 2.05) is 66.4 Å². The van der Waals surface area contributed by atoms with Crippen LogP contribution in [0.2, 0.25) is 0 Å². The minimum Gasteiger partial charge on any atom is -0.494 e. The molecule has 0 aromatic heterocycles. The van der Waals surface area contributed by atoms with Crippen LogP contribution < -0.4 is 15.0 Å². The lowest BCUT2D eigenvalue weighted by molar-refractivity contribution is -0.137. The van der Waals surface area contributed by atoms with Crippen LogP contribution in [0.4, 0.5) is 11.4 Å². The van der Waals surface area contributed by atoms with Gasteiger partial charge < -0.3 is 20.1 Å². The molecule has 1 fully saturated rings. The molecule has 7 heteroatoms. The van der Waals surface area contributed by atoms with Gasteiger partial charge in [-0.15, -0.1) is 0 Å². The van der Waals surface area contributed by atoms with E-state index in [1.165, 1.54) is 0 Å². The fraction of sp³-hybridized carbons (Fsp3) is 0.250. The van der Waals surface area contributed by atoms with E-state index in [1.54, 1.807) is 48.5 Å². The van der Waals surface area contributed by atoms with Crippen molar-refractivity contribution in [3.8, 4) is 5.75 Å². The number of carbonyl (C=O) groups is 3. The number of carboxylic acids is 1. The number of aryl methyl sites for hydroxylation is 1. The van der Waals surface area contributed by atoms with Gasteiger partial charge in [0.05, 0.1) is 6.61 Å². The van der Waals surface area contributed by atoms with Crippen LogP contribution in [0.1, 0.15) is 46.3 Å². The van der Waals surface area contributed by atoms with Crippen molar-refractivity contribution >= 4 is 29.0 Å². The Morgan fingerprint density at radius 3 is 2.33 bits per heavy atom. The van der Waals surface area contributed by atoms with Gasteiger partial charge in [0.2, 0.25) is 5.91 Å². The SMILES string of the molecule is Cc1cccc(N(CCCOc2ccc(CC(Nc3ccccc3C(=O)c3ccccc3)C(=O)O)cc2)C(=O)C2CC2)c1. The Morgan fingerprint density at radius 2 is 1.63 bits per heavy atom. The molecule has 2 N–H and O–H groups in total. The Morgan fingerprint density at radius 1 is 0.907 bits per heavy atom. The second-order valence-electron chi connectivity index (χ2n) is 10.9. The molecule has 4 aromatic rings. The molecule has 220 valence electrons. The van der Waals surface area contributed by atoms with Crippen LogP contribution in [0.3, 0.4) is 0 Å². The first-order valence-corrected chi connectivity index (χ1v) is 14.7. The summed E-state index contributed by atoms with van der Waals surface area (Å²) in [7, 11) is 0. The molecule has 0 bridgehead atoms. The quantitative estimate of drug-likeness (QED) is 0.131. The van der Waals surface area contributed by atoms with Gasteiger partial charge >= 0.3 is 5.97 Å². The number of benzene rings is 4. The van der Waals surface area contributed by atoms with Gasteiger partial charge in [0.15, 0.2) is 5.78 Å². The second kappa shape index (κ2) is 13.8. The third kappa shape index (κ3) is 7.89. The average Bonchev–Trinajstić information content (AvgIpc) is 3.87. The molecule has 1 atom stereocenters. The lowest BCUT2D eigenvalue weighted by atomic mass is 10.00. The molecule has 5 rings (SSSR count). The fourth-order valence-corrected chi connectivity index (χ4v) is 5.02. The summed E-state index contributed by atoms with van der Waals surface area (Å²) < 4.78 is 5.95. The van der Waals surface area contributed by atoms with Crippen LogP contribution in [0, 0.1) is 12.8 Å². The third-order valence-corrected chi connectivity index (χ3v) is 7.50. The second-order valence-corrected chi connectivity index (χ2v) is 10.9. The van der Waals surface area contributed by atoms with Gasteiger partial charge in [-0.05, 0) is 73.7 Å². The van der Waals surface area contributed by atoms with Crippen molar-refractivity contribution < 1.29 is 24.2 Å². The molecule has 1 aliphatic rings. The number of carbonyl (C=O) groups excluding carboxylic acids is 2. The van der Waals surface area contributed by atoms with Crippen molar-refractivity contribution in [2.75, 3.05) is 23.4 Å². The Labute approximate surface area is 252 Å². The average molecular weight is 577 g/mol. The number of ether oxygens (including phenoxy) is 1. The zero-order valence-electron chi connectivity index (χ0n) is 24.2. The Hall–Kier alpha value is -4.91. The molecule has 4 aromatic carbocycles. The monoisotopic (exact) mass is 576 g/mol. The van der Waals surface area contributed by atoms with Crippen molar-refractivity contribution in [2.45, 2.75) is 38.6 Å². The first-order valence-electron chi connectivity index (χ1n) is 14.7. The van der Waals surface area contributed by atoms with Gasteiger partial charge in [-0.25, -0.2) is 4.79 Å². The minimum absolute atomic E-state index is 0.135. The maximum atomic E-state index is 13.1. The van der Waals surface area contributed by atoms with Crippen molar-refractivity contribution in [3.63, 3.8) is 0 Å². The van der Waals surface area contributed by atoms with Crippen molar-refractivity contribution in [3.05, 3.63) is 125 Å². The standard InChI is InChI=1S/C36H36N2O5/c1-25-9-7-12-29(23-25)38(35(40)28-17-18-28)21-8-22-43-30-19-15-26(16-20-30)24-33(36(41)42)37-32-14-6-5-13-31(32)34(39)27-10-3-2-4-11-27/h2-7,9-16,19-20,23,28,33,37H,8,17-18,21-22,24H2,1H3,(H,41,42). The summed E-state index contributed by atoms with van der Waals surface area (Å²) in [5, 5.41) is 13.0. The van der Waals surface area contributed by atoms with E-state index in [4.69, 9.17) is 4.74 Å². The van der Waals surface area contributed by atoms with Crippen molar-refractivity contribution in [1.82, 2.24) is 0 Å². The number of nitrogens with zero attached hydrogens (tertiary/aromatic N) is 1. The summed E-state index contributed by atoms with van der Waals surface area (Å²) in [6.45, 7) is 3.05. The molecule has 0 heterocycles. The summed E-state index contributed by atoms with van der Waals surface area (Å²) >= 11 is 0. The predicted octanol–water partition coefficient (Wildman–Crippen LogP) is 6.55. The van der Waals surface area contributed by atoms with Crippen LogP contribution >= 0.6 is 0 Å². The molecular formula is C36H36N2O5. The van der Waals surface area contributed by atoms with Crippen LogP contribution in [0.5, 0.6) is 5.75 Å². The van der Waals surface area contributed by atoms with Crippen molar-refractivity contribution in [1.29, 1.82) is 0 Å². The summed E-state index contributed by atoms with van der Waals surface area (Å²) in [4.78, 5) is 40.0. The molecule has 7 nitrogen and oxygen atoms in total. The first-order chi connectivity index (χ1) is 20.9. The summed E-state index contributed by atoms with van der Waals surface area (Å²) in [6.07, 6.45) is 2.82. The molecule has 43 heavy (non-hydrogen) atoms. The van der Waals surface area contributed by atoms with E-state index in [0.717, 1.165) is 29.7 Å². The number of hydrogen-bond acceptors (Lipinski definition) is 5. The molecule has 0 spiro atoms. The topological polar surface area (TPSA) is 95.9 Å². The number of anilines is 2. The number of nitrogens with one attached hydrogen (secondary N) is 1. The highest BCUT2D eigenvalue weighted by Gasteiger charge is 2.34. The highest BCUT2D eigenvalue weighted by Crippen LogP contribution is 2.33. The third-order valence-electron chi connectivity index (χ3n) is 7.50. The number of ketones is 1. The zero-order valence-corrected chi connectivity index (χ0v) is 24.2.